The van der Waals surface area contributed by atoms with Gasteiger partial charge in [0.1, 0.15) is 4.32 Å². The standard InChI is InChI=1S/C9H9NOS4/c11-7-6(8-13-3-4-14-8)15-9(12)10(7)5-1-2-5/h5H,1-4H2. The maximum Gasteiger partial charge on any atom is 0.268 e. The number of rotatable bonds is 1. The molecule has 80 valence electrons. The number of nitrogens with zero attached hydrogens (tertiary/aromatic N) is 1. The monoisotopic (exact) mass is 275 g/mol. The van der Waals surface area contributed by atoms with Crippen molar-refractivity contribution in [2.75, 3.05) is 11.5 Å². The van der Waals surface area contributed by atoms with Crippen LogP contribution < -0.4 is 0 Å². The van der Waals surface area contributed by atoms with Crippen LogP contribution in [0, 0.1) is 0 Å². The molecule has 0 aromatic rings. The van der Waals surface area contributed by atoms with Crippen molar-refractivity contribution in [3.8, 4) is 0 Å². The highest BCUT2D eigenvalue weighted by Gasteiger charge is 2.43. The van der Waals surface area contributed by atoms with Gasteiger partial charge in [-0.2, -0.15) is 0 Å². The quantitative estimate of drug-likeness (QED) is 0.540. The minimum Gasteiger partial charge on any atom is -0.290 e. The first kappa shape index (κ1) is 10.5. The fraction of sp³-hybridized carbons (Fsp3) is 0.556. The van der Waals surface area contributed by atoms with Gasteiger partial charge in [-0.25, -0.2) is 0 Å². The summed E-state index contributed by atoms with van der Waals surface area (Å²) in [4.78, 5) is 14.8. The Morgan fingerprint density at radius 3 is 2.53 bits per heavy atom. The van der Waals surface area contributed by atoms with Crippen molar-refractivity contribution >= 4 is 57.7 Å². The summed E-state index contributed by atoms with van der Waals surface area (Å²) < 4.78 is 1.95. The molecule has 0 radical (unpaired) electrons. The van der Waals surface area contributed by atoms with E-state index in [9.17, 15) is 4.79 Å². The van der Waals surface area contributed by atoms with Gasteiger partial charge in [0.15, 0.2) is 0 Å². The van der Waals surface area contributed by atoms with Crippen LogP contribution in [0.5, 0.6) is 0 Å². The van der Waals surface area contributed by atoms with E-state index in [1.165, 1.54) is 16.0 Å². The zero-order valence-corrected chi connectivity index (χ0v) is 11.2. The summed E-state index contributed by atoms with van der Waals surface area (Å²) in [6.45, 7) is 0. The van der Waals surface area contributed by atoms with E-state index in [2.05, 4.69) is 0 Å². The van der Waals surface area contributed by atoms with Gasteiger partial charge in [0, 0.05) is 17.5 Å². The minimum atomic E-state index is 0.157. The van der Waals surface area contributed by atoms with Crippen LogP contribution >= 0.6 is 47.5 Å². The summed E-state index contributed by atoms with van der Waals surface area (Å²) in [5.41, 5.74) is 0. The molecule has 1 saturated carbocycles. The molecule has 0 aromatic heterocycles. The molecule has 2 saturated heterocycles. The smallest absolute Gasteiger partial charge is 0.268 e. The Morgan fingerprint density at radius 2 is 1.93 bits per heavy atom. The lowest BCUT2D eigenvalue weighted by atomic mass is 10.5. The van der Waals surface area contributed by atoms with Crippen molar-refractivity contribution in [2.45, 2.75) is 18.9 Å². The molecule has 15 heavy (non-hydrogen) atoms. The first-order valence-electron chi connectivity index (χ1n) is 4.82. The van der Waals surface area contributed by atoms with E-state index in [0.29, 0.717) is 6.04 Å². The molecule has 3 fully saturated rings. The number of thiocarbonyl (C=S) groups is 1. The number of amides is 1. The third-order valence-electron chi connectivity index (χ3n) is 2.45. The van der Waals surface area contributed by atoms with Crippen LogP contribution in [0.25, 0.3) is 0 Å². The zero-order chi connectivity index (χ0) is 10.4. The molecule has 1 amide bonds. The molecule has 0 unspecified atom stereocenters. The summed E-state index contributed by atoms with van der Waals surface area (Å²) in [6.07, 6.45) is 2.24. The highest BCUT2D eigenvalue weighted by atomic mass is 32.2. The van der Waals surface area contributed by atoms with Crippen LogP contribution in [0.1, 0.15) is 12.8 Å². The van der Waals surface area contributed by atoms with Crippen molar-refractivity contribution < 1.29 is 4.79 Å². The number of carbonyl (C=O) groups excluding carboxylic acids is 1. The summed E-state index contributed by atoms with van der Waals surface area (Å²) in [6, 6.07) is 0.409. The molecule has 0 bridgehead atoms. The lowest BCUT2D eigenvalue weighted by Gasteiger charge is -2.12. The van der Waals surface area contributed by atoms with Crippen LogP contribution in [0.15, 0.2) is 9.14 Å². The second-order valence-corrected chi connectivity index (χ2v) is 7.70. The number of hydrogen-bond donors (Lipinski definition) is 0. The number of thioether (sulfide) groups is 3. The van der Waals surface area contributed by atoms with Crippen LogP contribution in [-0.2, 0) is 4.79 Å². The molecule has 2 aliphatic heterocycles. The molecular weight excluding hydrogens is 266 g/mol. The maximum absolute atomic E-state index is 12.1. The number of carbonyl (C=O) groups is 1. The summed E-state index contributed by atoms with van der Waals surface area (Å²) >= 11 is 10.3. The molecule has 2 heterocycles. The molecular formula is C9H9NOS4. The molecule has 3 rings (SSSR count). The van der Waals surface area contributed by atoms with Gasteiger partial charge in [0.05, 0.1) is 9.14 Å². The van der Waals surface area contributed by atoms with Crippen molar-refractivity contribution in [3.63, 3.8) is 0 Å². The van der Waals surface area contributed by atoms with Crippen molar-refractivity contribution in [1.29, 1.82) is 0 Å². The van der Waals surface area contributed by atoms with Gasteiger partial charge in [-0.15, -0.1) is 23.5 Å². The molecule has 0 N–H and O–H groups in total. The zero-order valence-electron chi connectivity index (χ0n) is 7.89. The Hall–Kier alpha value is 0.350. The van der Waals surface area contributed by atoms with Crippen LogP contribution in [0.2, 0.25) is 0 Å². The highest BCUT2D eigenvalue weighted by molar-refractivity contribution is 8.30. The van der Waals surface area contributed by atoms with Crippen LogP contribution in [-0.4, -0.2) is 32.7 Å². The first-order valence-corrected chi connectivity index (χ1v) is 8.02. The molecule has 0 atom stereocenters. The van der Waals surface area contributed by atoms with E-state index < -0.39 is 0 Å². The average molecular weight is 275 g/mol. The molecule has 1 aliphatic carbocycles. The second-order valence-electron chi connectivity index (χ2n) is 3.59. The Morgan fingerprint density at radius 1 is 1.27 bits per heavy atom. The summed E-state index contributed by atoms with van der Waals surface area (Å²) in [7, 11) is 0. The number of hydrogen-bond acceptors (Lipinski definition) is 5. The van der Waals surface area contributed by atoms with Crippen molar-refractivity contribution in [2.24, 2.45) is 0 Å². The topological polar surface area (TPSA) is 20.3 Å². The predicted molar refractivity (Wildman–Crippen MR) is 72.0 cm³/mol. The van der Waals surface area contributed by atoms with Gasteiger partial charge in [0.2, 0.25) is 0 Å². The molecule has 2 nitrogen and oxygen atoms in total. The Kier molecular flexibility index (Phi) is 2.79. The first-order chi connectivity index (χ1) is 7.27. The van der Waals surface area contributed by atoms with Crippen molar-refractivity contribution in [3.05, 3.63) is 9.14 Å². The van der Waals surface area contributed by atoms with Gasteiger partial charge in [-0.3, -0.25) is 9.69 Å². The van der Waals surface area contributed by atoms with Gasteiger partial charge < -0.3 is 0 Å². The molecule has 3 aliphatic rings. The average Bonchev–Trinajstić information content (AvgIpc) is 2.79. The van der Waals surface area contributed by atoms with E-state index in [1.54, 1.807) is 23.5 Å². The summed E-state index contributed by atoms with van der Waals surface area (Å²) in [5, 5.41) is 0. The van der Waals surface area contributed by atoms with Crippen molar-refractivity contribution in [1.82, 2.24) is 4.90 Å². The largest absolute Gasteiger partial charge is 0.290 e. The normalized spacial score (nSPS) is 27.1. The molecule has 0 aromatic carbocycles. The third kappa shape index (κ3) is 1.85. The van der Waals surface area contributed by atoms with Crippen LogP contribution in [0.4, 0.5) is 0 Å². The summed E-state index contributed by atoms with van der Waals surface area (Å²) in [5.74, 6) is 2.39. The predicted octanol–water partition coefficient (Wildman–Crippen LogP) is 2.66. The fourth-order valence-electron chi connectivity index (χ4n) is 1.59. The van der Waals surface area contributed by atoms with E-state index >= 15 is 0 Å². The SMILES string of the molecule is O=C1C(=C2SCCS2)SC(=S)N1C1CC1. The van der Waals surface area contributed by atoms with Gasteiger partial charge >= 0.3 is 0 Å². The van der Waals surface area contributed by atoms with Gasteiger partial charge in [-0.1, -0.05) is 24.0 Å². The Balaban J connectivity index is 1.90. The van der Waals surface area contributed by atoms with E-state index in [4.69, 9.17) is 12.2 Å². The Bertz CT molecular complexity index is 366. The second kappa shape index (κ2) is 3.98. The fourth-order valence-corrected chi connectivity index (χ4v) is 5.76. The van der Waals surface area contributed by atoms with Gasteiger partial charge in [-0.05, 0) is 12.8 Å². The minimum absolute atomic E-state index is 0.157. The lowest BCUT2D eigenvalue weighted by molar-refractivity contribution is -0.122. The lowest BCUT2D eigenvalue weighted by Crippen LogP contribution is -2.30. The maximum atomic E-state index is 12.1. The Labute approximate surface area is 107 Å². The van der Waals surface area contributed by atoms with Gasteiger partial charge in [0.25, 0.3) is 5.91 Å². The van der Waals surface area contributed by atoms with E-state index in [1.807, 2.05) is 4.90 Å². The third-order valence-corrected chi connectivity index (χ3v) is 6.82. The van der Waals surface area contributed by atoms with E-state index in [0.717, 1.165) is 33.6 Å². The molecule has 6 heteroatoms. The highest BCUT2D eigenvalue weighted by Crippen LogP contribution is 2.47. The van der Waals surface area contributed by atoms with E-state index in [-0.39, 0.29) is 5.91 Å². The van der Waals surface area contributed by atoms with Crippen LogP contribution in [0.3, 0.4) is 0 Å². The molecule has 0 spiro atoms.